The van der Waals surface area contributed by atoms with Crippen LogP contribution in [0.2, 0.25) is 0 Å². The minimum atomic E-state index is -0.461. The maximum Gasteiger partial charge on any atom is 0.325 e. The van der Waals surface area contributed by atoms with Crippen LogP contribution in [-0.2, 0) is 16.0 Å². The summed E-state index contributed by atoms with van der Waals surface area (Å²) in [4.78, 5) is 22.6. The Bertz CT molecular complexity index is 457. The van der Waals surface area contributed by atoms with Crippen molar-refractivity contribution in [3.05, 3.63) is 29.3 Å². The van der Waals surface area contributed by atoms with Crippen LogP contribution >= 0.6 is 0 Å². The Morgan fingerprint density at radius 3 is 3.06 bits per heavy atom. The molecular weight excluding hydrogens is 220 g/mol. The third-order valence-electron chi connectivity index (χ3n) is 2.70. The minimum absolute atomic E-state index is 0.111. The first kappa shape index (κ1) is 11.4. The molecule has 0 aromatic heterocycles. The molecule has 5 heteroatoms. The SMILES string of the molecule is COC(=O)CNC(=O)c1ccc2c(c1)NCC2. The van der Waals surface area contributed by atoms with E-state index >= 15 is 0 Å². The second-order valence-corrected chi connectivity index (χ2v) is 3.81. The summed E-state index contributed by atoms with van der Waals surface area (Å²) in [5.74, 6) is -0.732. The Morgan fingerprint density at radius 1 is 1.47 bits per heavy atom. The highest BCUT2D eigenvalue weighted by molar-refractivity contribution is 5.97. The normalized spacial score (nSPS) is 12.5. The summed E-state index contributed by atoms with van der Waals surface area (Å²) in [6, 6.07) is 5.50. The average Bonchev–Trinajstić information content (AvgIpc) is 2.82. The van der Waals surface area contributed by atoms with E-state index in [0.717, 1.165) is 18.7 Å². The number of nitrogens with one attached hydrogen (secondary N) is 2. The molecule has 17 heavy (non-hydrogen) atoms. The first-order valence-electron chi connectivity index (χ1n) is 5.42. The van der Waals surface area contributed by atoms with E-state index in [-0.39, 0.29) is 12.5 Å². The predicted octanol–water partition coefficient (Wildman–Crippen LogP) is 0.557. The Morgan fingerprint density at radius 2 is 2.29 bits per heavy atom. The van der Waals surface area contributed by atoms with Crippen molar-refractivity contribution in [3.63, 3.8) is 0 Å². The number of esters is 1. The number of amides is 1. The topological polar surface area (TPSA) is 67.4 Å². The standard InChI is InChI=1S/C12H14N2O3/c1-17-11(15)7-14-12(16)9-3-2-8-4-5-13-10(8)6-9/h2-3,6,13H,4-5,7H2,1H3,(H,14,16). The third-order valence-corrected chi connectivity index (χ3v) is 2.70. The molecule has 0 fully saturated rings. The van der Waals surface area contributed by atoms with Gasteiger partial charge in [0, 0.05) is 17.8 Å². The van der Waals surface area contributed by atoms with Crippen molar-refractivity contribution < 1.29 is 14.3 Å². The molecule has 1 heterocycles. The first-order chi connectivity index (χ1) is 8.20. The highest BCUT2D eigenvalue weighted by Gasteiger charge is 2.13. The lowest BCUT2D eigenvalue weighted by atomic mass is 10.1. The molecule has 1 aliphatic heterocycles. The number of anilines is 1. The molecule has 0 bridgehead atoms. The van der Waals surface area contributed by atoms with Crippen molar-refractivity contribution in [1.29, 1.82) is 0 Å². The molecular formula is C12H14N2O3. The van der Waals surface area contributed by atoms with Gasteiger partial charge in [0.05, 0.1) is 7.11 Å². The number of ether oxygens (including phenoxy) is 1. The van der Waals surface area contributed by atoms with Crippen LogP contribution in [0.5, 0.6) is 0 Å². The quantitative estimate of drug-likeness (QED) is 0.750. The van der Waals surface area contributed by atoms with Gasteiger partial charge in [0.25, 0.3) is 5.91 Å². The van der Waals surface area contributed by atoms with E-state index in [4.69, 9.17) is 0 Å². The van der Waals surface area contributed by atoms with Gasteiger partial charge in [-0.1, -0.05) is 6.07 Å². The summed E-state index contributed by atoms with van der Waals surface area (Å²) in [5.41, 5.74) is 2.76. The molecule has 90 valence electrons. The number of carbonyl (C=O) groups excluding carboxylic acids is 2. The van der Waals surface area contributed by atoms with Crippen molar-refractivity contribution in [1.82, 2.24) is 5.32 Å². The second-order valence-electron chi connectivity index (χ2n) is 3.81. The van der Waals surface area contributed by atoms with Crippen LogP contribution in [0.3, 0.4) is 0 Å². The Kier molecular flexibility index (Phi) is 3.27. The summed E-state index contributed by atoms with van der Waals surface area (Å²) in [7, 11) is 1.29. The van der Waals surface area contributed by atoms with Gasteiger partial charge in [-0.25, -0.2) is 0 Å². The van der Waals surface area contributed by atoms with Gasteiger partial charge in [-0.2, -0.15) is 0 Å². The van der Waals surface area contributed by atoms with Gasteiger partial charge < -0.3 is 15.4 Å². The number of benzene rings is 1. The summed E-state index contributed by atoms with van der Waals surface area (Å²) >= 11 is 0. The van der Waals surface area contributed by atoms with Crippen molar-refractivity contribution in [2.24, 2.45) is 0 Å². The van der Waals surface area contributed by atoms with Gasteiger partial charge in [0.15, 0.2) is 0 Å². The average molecular weight is 234 g/mol. The molecule has 2 rings (SSSR count). The Labute approximate surface area is 99.2 Å². The van der Waals surface area contributed by atoms with Crippen molar-refractivity contribution >= 4 is 17.6 Å². The number of fused-ring (bicyclic) bond motifs is 1. The van der Waals surface area contributed by atoms with Crippen LogP contribution in [0.25, 0.3) is 0 Å². The van der Waals surface area contributed by atoms with Crippen molar-refractivity contribution in [2.45, 2.75) is 6.42 Å². The Hall–Kier alpha value is -2.04. The molecule has 0 atom stereocenters. The fourth-order valence-electron chi connectivity index (χ4n) is 1.76. The third kappa shape index (κ3) is 2.55. The lowest BCUT2D eigenvalue weighted by Crippen LogP contribution is -2.30. The van der Waals surface area contributed by atoms with Gasteiger partial charge in [-0.3, -0.25) is 9.59 Å². The number of hydrogen-bond donors (Lipinski definition) is 2. The van der Waals surface area contributed by atoms with E-state index < -0.39 is 5.97 Å². The molecule has 0 spiro atoms. The summed E-state index contributed by atoms with van der Waals surface area (Å²) in [5, 5.41) is 5.70. The van der Waals surface area contributed by atoms with Gasteiger partial charge >= 0.3 is 5.97 Å². The summed E-state index contributed by atoms with van der Waals surface area (Å²) in [6.07, 6.45) is 0.986. The van der Waals surface area contributed by atoms with Gasteiger partial charge in [-0.15, -0.1) is 0 Å². The maximum absolute atomic E-state index is 11.7. The highest BCUT2D eigenvalue weighted by Crippen LogP contribution is 2.22. The molecule has 0 radical (unpaired) electrons. The molecule has 0 saturated carbocycles. The maximum atomic E-state index is 11.7. The Balaban J connectivity index is 2.02. The zero-order chi connectivity index (χ0) is 12.3. The van der Waals surface area contributed by atoms with Gasteiger partial charge in [0.1, 0.15) is 6.54 Å². The molecule has 0 aliphatic carbocycles. The molecule has 1 aromatic rings. The van der Waals surface area contributed by atoms with E-state index in [9.17, 15) is 9.59 Å². The molecule has 1 amide bonds. The molecule has 0 saturated heterocycles. The van der Waals surface area contributed by atoms with E-state index in [1.807, 2.05) is 6.07 Å². The van der Waals surface area contributed by atoms with E-state index in [1.165, 1.54) is 12.7 Å². The van der Waals surface area contributed by atoms with Crippen LogP contribution in [0, 0.1) is 0 Å². The summed E-state index contributed by atoms with van der Waals surface area (Å²) in [6.45, 7) is 0.794. The number of hydrogen-bond acceptors (Lipinski definition) is 4. The van der Waals surface area contributed by atoms with Crippen molar-refractivity contribution in [3.8, 4) is 0 Å². The van der Waals surface area contributed by atoms with Gasteiger partial charge in [0.2, 0.25) is 0 Å². The van der Waals surface area contributed by atoms with Crippen LogP contribution in [-0.4, -0.2) is 32.1 Å². The number of carbonyl (C=O) groups is 2. The summed E-state index contributed by atoms with van der Waals surface area (Å²) < 4.78 is 4.44. The number of methoxy groups -OCH3 is 1. The smallest absolute Gasteiger partial charge is 0.325 e. The van der Waals surface area contributed by atoms with Crippen LogP contribution in [0.4, 0.5) is 5.69 Å². The zero-order valence-corrected chi connectivity index (χ0v) is 9.58. The first-order valence-corrected chi connectivity index (χ1v) is 5.42. The molecule has 1 aromatic carbocycles. The van der Waals surface area contributed by atoms with Gasteiger partial charge in [-0.05, 0) is 24.1 Å². The van der Waals surface area contributed by atoms with Crippen LogP contribution in [0.15, 0.2) is 18.2 Å². The molecule has 5 nitrogen and oxygen atoms in total. The van der Waals surface area contributed by atoms with Crippen molar-refractivity contribution in [2.75, 3.05) is 25.5 Å². The highest BCUT2D eigenvalue weighted by atomic mass is 16.5. The fourth-order valence-corrected chi connectivity index (χ4v) is 1.76. The van der Waals surface area contributed by atoms with E-state index in [2.05, 4.69) is 15.4 Å². The van der Waals surface area contributed by atoms with E-state index in [0.29, 0.717) is 5.56 Å². The minimum Gasteiger partial charge on any atom is -0.468 e. The van der Waals surface area contributed by atoms with E-state index in [1.54, 1.807) is 12.1 Å². The molecule has 0 unspecified atom stereocenters. The fraction of sp³-hybridized carbons (Fsp3) is 0.333. The number of rotatable bonds is 3. The lowest BCUT2D eigenvalue weighted by Gasteiger charge is -2.06. The second kappa shape index (κ2) is 4.86. The monoisotopic (exact) mass is 234 g/mol. The predicted molar refractivity (Wildman–Crippen MR) is 63.0 cm³/mol. The lowest BCUT2D eigenvalue weighted by molar-refractivity contribution is -0.139. The van der Waals surface area contributed by atoms with Crippen LogP contribution in [0.1, 0.15) is 15.9 Å². The van der Waals surface area contributed by atoms with Crippen LogP contribution < -0.4 is 10.6 Å². The largest absolute Gasteiger partial charge is 0.468 e. The molecule has 2 N–H and O–H groups in total. The molecule has 1 aliphatic rings. The zero-order valence-electron chi connectivity index (χ0n) is 9.58.